The summed E-state index contributed by atoms with van der Waals surface area (Å²) in [6, 6.07) is 0. The molecule has 2 aliphatic rings. The van der Waals surface area contributed by atoms with Crippen LogP contribution < -0.4 is 0 Å². The van der Waals surface area contributed by atoms with E-state index in [2.05, 4.69) is 0 Å². The van der Waals surface area contributed by atoms with Gasteiger partial charge in [-0.25, -0.2) is 8.78 Å². The van der Waals surface area contributed by atoms with E-state index in [0.717, 1.165) is 0 Å². The Bertz CT molecular complexity index is 254. The number of allylic oxidation sites excluding steroid dienone is 2. The summed E-state index contributed by atoms with van der Waals surface area (Å²) in [7, 11) is 0. The summed E-state index contributed by atoms with van der Waals surface area (Å²) in [5.41, 5.74) is -0.943. The van der Waals surface area contributed by atoms with Crippen molar-refractivity contribution in [1.82, 2.24) is 0 Å². The molecule has 1 saturated carbocycles. The molecule has 0 spiro atoms. The second-order valence-electron chi connectivity index (χ2n) is 3.96. The Labute approximate surface area is 75.8 Å². The molecule has 0 N–H and O–H groups in total. The molecule has 0 aromatic carbocycles. The molecule has 1 fully saturated rings. The molecule has 0 bridgehead atoms. The van der Waals surface area contributed by atoms with E-state index >= 15 is 0 Å². The van der Waals surface area contributed by atoms with Crippen LogP contribution in [0.25, 0.3) is 0 Å². The molecular weight excluding hydrogens is 174 g/mol. The minimum atomic E-state index is -2.33. The number of ketones is 1. The Morgan fingerprint density at radius 1 is 1.38 bits per heavy atom. The minimum absolute atomic E-state index is 0.000278. The fourth-order valence-electron chi connectivity index (χ4n) is 2.12. The van der Waals surface area contributed by atoms with Crippen LogP contribution in [0, 0.1) is 11.3 Å². The summed E-state index contributed by atoms with van der Waals surface area (Å²) in [4.78, 5) is 11.4. The molecule has 0 saturated heterocycles. The van der Waals surface area contributed by atoms with E-state index in [1.807, 2.05) is 6.08 Å². The maximum absolute atomic E-state index is 12.7. The quantitative estimate of drug-likeness (QED) is 0.606. The average molecular weight is 186 g/mol. The third-order valence-corrected chi connectivity index (χ3v) is 3.20. The maximum Gasteiger partial charge on any atom is 0.244 e. The summed E-state index contributed by atoms with van der Waals surface area (Å²) in [5, 5.41) is 0. The standard InChI is InChI=1S/C10H12F2O/c11-9(12)10(5-6-10)7-3-1-2-4-8(7)13/h1-2,7,9H,3-6H2. The lowest BCUT2D eigenvalue weighted by atomic mass is 9.79. The number of rotatable bonds is 2. The number of halogens is 2. The van der Waals surface area contributed by atoms with Crippen molar-refractivity contribution in [2.75, 3.05) is 0 Å². The fraction of sp³-hybridized carbons (Fsp3) is 0.700. The molecule has 0 radical (unpaired) electrons. The molecule has 3 heteroatoms. The van der Waals surface area contributed by atoms with Gasteiger partial charge in [0.15, 0.2) is 0 Å². The molecule has 0 aromatic heterocycles. The SMILES string of the molecule is O=C1CC=CCC1C1(C(F)F)CC1. The molecule has 13 heavy (non-hydrogen) atoms. The molecule has 1 unspecified atom stereocenters. The summed E-state index contributed by atoms with van der Waals surface area (Å²) in [6.07, 6.45) is 3.22. The molecule has 2 aliphatic carbocycles. The highest BCUT2D eigenvalue weighted by atomic mass is 19.3. The van der Waals surface area contributed by atoms with Gasteiger partial charge in [-0.3, -0.25) is 4.79 Å². The van der Waals surface area contributed by atoms with Gasteiger partial charge in [0.05, 0.1) is 0 Å². The van der Waals surface area contributed by atoms with E-state index in [4.69, 9.17) is 0 Å². The van der Waals surface area contributed by atoms with Crippen molar-refractivity contribution in [2.45, 2.75) is 32.1 Å². The van der Waals surface area contributed by atoms with Crippen molar-refractivity contribution < 1.29 is 13.6 Å². The first kappa shape index (κ1) is 8.85. The van der Waals surface area contributed by atoms with Crippen molar-refractivity contribution in [3.8, 4) is 0 Å². The van der Waals surface area contributed by atoms with Crippen LogP contribution in [0.15, 0.2) is 12.2 Å². The molecular formula is C10H12F2O. The highest BCUT2D eigenvalue weighted by Gasteiger charge is 2.58. The third-order valence-electron chi connectivity index (χ3n) is 3.20. The summed E-state index contributed by atoms with van der Waals surface area (Å²) >= 11 is 0. The van der Waals surface area contributed by atoms with E-state index in [-0.39, 0.29) is 5.78 Å². The van der Waals surface area contributed by atoms with Crippen LogP contribution in [0.1, 0.15) is 25.7 Å². The molecule has 0 heterocycles. The summed E-state index contributed by atoms with van der Waals surface area (Å²) < 4.78 is 25.3. The Morgan fingerprint density at radius 2 is 2.08 bits per heavy atom. The van der Waals surface area contributed by atoms with Gasteiger partial charge in [-0.15, -0.1) is 0 Å². The minimum Gasteiger partial charge on any atom is -0.299 e. The lowest BCUT2D eigenvalue weighted by molar-refractivity contribution is -0.127. The van der Waals surface area contributed by atoms with Crippen molar-refractivity contribution in [1.29, 1.82) is 0 Å². The maximum atomic E-state index is 12.7. The third kappa shape index (κ3) is 1.30. The first-order chi connectivity index (χ1) is 6.17. The zero-order valence-electron chi connectivity index (χ0n) is 7.30. The van der Waals surface area contributed by atoms with Gasteiger partial charge in [-0.2, -0.15) is 0 Å². The average Bonchev–Trinajstić information content (AvgIpc) is 2.85. The first-order valence-electron chi connectivity index (χ1n) is 4.63. The largest absolute Gasteiger partial charge is 0.299 e. The molecule has 0 aliphatic heterocycles. The van der Waals surface area contributed by atoms with Gasteiger partial charge in [0.1, 0.15) is 5.78 Å². The molecule has 0 aromatic rings. The number of Topliss-reactive ketones (excluding diaryl/α,β-unsaturated/α-hetero) is 1. The monoisotopic (exact) mass is 186 g/mol. The van der Waals surface area contributed by atoms with E-state index in [1.165, 1.54) is 0 Å². The summed E-state index contributed by atoms with van der Waals surface area (Å²) in [6.45, 7) is 0. The van der Waals surface area contributed by atoms with Gasteiger partial charge in [0.25, 0.3) is 0 Å². The van der Waals surface area contributed by atoms with Crippen LogP contribution in [-0.2, 0) is 4.79 Å². The first-order valence-corrected chi connectivity index (χ1v) is 4.63. The smallest absolute Gasteiger partial charge is 0.244 e. The van der Waals surface area contributed by atoms with Crippen molar-refractivity contribution in [3.63, 3.8) is 0 Å². The molecule has 0 amide bonds. The van der Waals surface area contributed by atoms with Crippen LogP contribution >= 0.6 is 0 Å². The Hall–Kier alpha value is -0.730. The predicted octanol–water partition coefficient (Wildman–Crippen LogP) is 2.57. The molecule has 2 rings (SSSR count). The van der Waals surface area contributed by atoms with Gasteiger partial charge in [0, 0.05) is 17.8 Å². The van der Waals surface area contributed by atoms with E-state index in [9.17, 15) is 13.6 Å². The van der Waals surface area contributed by atoms with Crippen molar-refractivity contribution >= 4 is 5.78 Å². The predicted molar refractivity (Wildman–Crippen MR) is 44.5 cm³/mol. The fourth-order valence-corrected chi connectivity index (χ4v) is 2.12. The van der Waals surface area contributed by atoms with E-state index in [1.54, 1.807) is 6.08 Å². The van der Waals surface area contributed by atoms with Crippen LogP contribution in [0.3, 0.4) is 0 Å². The van der Waals surface area contributed by atoms with Crippen LogP contribution in [0.2, 0.25) is 0 Å². The number of hydrogen-bond acceptors (Lipinski definition) is 1. The van der Waals surface area contributed by atoms with Crippen molar-refractivity contribution in [3.05, 3.63) is 12.2 Å². The number of alkyl halides is 2. The van der Waals surface area contributed by atoms with E-state index in [0.29, 0.717) is 25.7 Å². The van der Waals surface area contributed by atoms with Gasteiger partial charge >= 0.3 is 0 Å². The zero-order chi connectivity index (χ0) is 9.47. The number of carbonyl (C=O) groups excluding carboxylic acids is 1. The highest BCUT2D eigenvalue weighted by Crippen LogP contribution is 2.58. The van der Waals surface area contributed by atoms with Gasteiger partial charge in [0.2, 0.25) is 6.43 Å². The molecule has 1 nitrogen and oxygen atoms in total. The number of hydrogen-bond donors (Lipinski definition) is 0. The van der Waals surface area contributed by atoms with Gasteiger partial charge in [-0.05, 0) is 19.3 Å². The lowest BCUT2D eigenvalue weighted by Crippen LogP contribution is -2.31. The lowest BCUT2D eigenvalue weighted by Gasteiger charge is -2.25. The second kappa shape index (κ2) is 2.89. The molecule has 72 valence electrons. The van der Waals surface area contributed by atoms with Gasteiger partial charge in [-0.1, -0.05) is 12.2 Å². The van der Waals surface area contributed by atoms with Crippen LogP contribution in [0.4, 0.5) is 8.78 Å². The normalized spacial score (nSPS) is 31.0. The zero-order valence-corrected chi connectivity index (χ0v) is 7.30. The highest BCUT2D eigenvalue weighted by molar-refractivity contribution is 5.84. The van der Waals surface area contributed by atoms with Crippen molar-refractivity contribution in [2.24, 2.45) is 11.3 Å². The van der Waals surface area contributed by atoms with E-state index < -0.39 is 17.8 Å². The Balaban J connectivity index is 2.16. The van der Waals surface area contributed by atoms with Crippen LogP contribution in [-0.4, -0.2) is 12.2 Å². The second-order valence-corrected chi connectivity index (χ2v) is 3.96. The van der Waals surface area contributed by atoms with Crippen LogP contribution in [0.5, 0.6) is 0 Å². The number of carbonyl (C=O) groups is 1. The summed E-state index contributed by atoms with van der Waals surface area (Å²) in [5.74, 6) is -0.405. The van der Waals surface area contributed by atoms with Gasteiger partial charge < -0.3 is 0 Å². The topological polar surface area (TPSA) is 17.1 Å². The Morgan fingerprint density at radius 3 is 2.54 bits per heavy atom. The molecule has 1 atom stereocenters. The Kier molecular flexibility index (Phi) is 1.97.